The van der Waals surface area contributed by atoms with Crippen molar-refractivity contribution in [1.29, 1.82) is 0 Å². The molecule has 1 aromatic carbocycles. The Balaban J connectivity index is 2.35. The van der Waals surface area contributed by atoms with E-state index in [1.165, 1.54) is 0 Å². The van der Waals surface area contributed by atoms with Gasteiger partial charge in [0.05, 0.1) is 12.7 Å². The summed E-state index contributed by atoms with van der Waals surface area (Å²) in [6.07, 6.45) is 0.292. The van der Waals surface area contributed by atoms with Crippen LogP contribution in [-0.2, 0) is 4.74 Å². The van der Waals surface area contributed by atoms with Crippen molar-refractivity contribution < 1.29 is 4.74 Å². The number of ether oxygens (including phenoxy) is 1. The molecule has 84 valence electrons. The zero-order valence-electron chi connectivity index (χ0n) is 9.71. The first-order valence-electron chi connectivity index (χ1n) is 5.31. The molecule has 0 saturated carbocycles. The molecule has 3 nitrogen and oxygen atoms in total. The molecule has 0 fully saturated rings. The van der Waals surface area contributed by atoms with Crippen LogP contribution in [0.5, 0.6) is 0 Å². The highest BCUT2D eigenvalue weighted by molar-refractivity contribution is 5.56. The fourth-order valence-electron chi connectivity index (χ4n) is 1.28. The zero-order valence-corrected chi connectivity index (χ0v) is 9.71. The van der Waals surface area contributed by atoms with E-state index in [1.54, 1.807) is 0 Å². The summed E-state index contributed by atoms with van der Waals surface area (Å²) in [4.78, 5) is 0. The topological polar surface area (TPSA) is 47.3 Å². The second-order valence-corrected chi connectivity index (χ2v) is 3.92. The first-order valence-corrected chi connectivity index (χ1v) is 5.31. The SMILES string of the molecule is Cc1cc(NCCOC(C)C)ccc1N. The van der Waals surface area contributed by atoms with Gasteiger partial charge in [-0.3, -0.25) is 0 Å². The van der Waals surface area contributed by atoms with Crippen LogP contribution < -0.4 is 11.1 Å². The first-order chi connectivity index (χ1) is 7.09. The number of hydrogen-bond donors (Lipinski definition) is 2. The van der Waals surface area contributed by atoms with Crippen molar-refractivity contribution in [2.24, 2.45) is 0 Å². The van der Waals surface area contributed by atoms with Crippen molar-refractivity contribution in [3.8, 4) is 0 Å². The zero-order chi connectivity index (χ0) is 11.3. The molecule has 0 amide bonds. The highest BCUT2D eigenvalue weighted by Gasteiger charge is 1.96. The predicted octanol–water partition coefficient (Wildman–Crippen LogP) is 2.41. The minimum atomic E-state index is 0.292. The summed E-state index contributed by atoms with van der Waals surface area (Å²) in [6.45, 7) is 7.62. The van der Waals surface area contributed by atoms with Crippen molar-refractivity contribution >= 4 is 11.4 Å². The molecule has 1 aromatic rings. The van der Waals surface area contributed by atoms with Crippen LogP contribution in [0.3, 0.4) is 0 Å². The molecule has 0 aliphatic heterocycles. The highest BCUT2D eigenvalue weighted by atomic mass is 16.5. The average Bonchev–Trinajstić information content (AvgIpc) is 2.18. The summed E-state index contributed by atoms with van der Waals surface area (Å²) in [5.74, 6) is 0. The summed E-state index contributed by atoms with van der Waals surface area (Å²) in [6, 6.07) is 5.95. The Morgan fingerprint density at radius 2 is 2.13 bits per heavy atom. The van der Waals surface area contributed by atoms with Gasteiger partial charge in [-0.25, -0.2) is 0 Å². The number of hydrogen-bond acceptors (Lipinski definition) is 3. The van der Waals surface area contributed by atoms with Crippen molar-refractivity contribution in [2.75, 3.05) is 24.2 Å². The second kappa shape index (κ2) is 5.61. The smallest absolute Gasteiger partial charge is 0.0642 e. The molecule has 0 spiro atoms. The molecular weight excluding hydrogens is 188 g/mol. The van der Waals surface area contributed by atoms with Crippen LogP contribution in [0.4, 0.5) is 11.4 Å². The number of benzene rings is 1. The number of nitrogen functional groups attached to an aromatic ring is 1. The van der Waals surface area contributed by atoms with Gasteiger partial charge in [0.2, 0.25) is 0 Å². The van der Waals surface area contributed by atoms with E-state index in [-0.39, 0.29) is 0 Å². The van der Waals surface area contributed by atoms with Gasteiger partial charge in [-0.2, -0.15) is 0 Å². The lowest BCUT2D eigenvalue weighted by molar-refractivity contribution is 0.0870. The Kier molecular flexibility index (Phi) is 4.43. The maximum absolute atomic E-state index is 5.73. The van der Waals surface area contributed by atoms with Crippen molar-refractivity contribution in [3.63, 3.8) is 0 Å². The van der Waals surface area contributed by atoms with Gasteiger partial charge in [-0.15, -0.1) is 0 Å². The van der Waals surface area contributed by atoms with E-state index in [9.17, 15) is 0 Å². The average molecular weight is 208 g/mol. The molecule has 0 aromatic heterocycles. The Morgan fingerprint density at radius 1 is 1.40 bits per heavy atom. The number of nitrogens with one attached hydrogen (secondary N) is 1. The Morgan fingerprint density at radius 3 is 2.73 bits per heavy atom. The molecule has 3 N–H and O–H groups in total. The summed E-state index contributed by atoms with van der Waals surface area (Å²) < 4.78 is 5.43. The van der Waals surface area contributed by atoms with Gasteiger partial charge in [0.25, 0.3) is 0 Å². The molecule has 1 rings (SSSR count). The van der Waals surface area contributed by atoms with Crippen LogP contribution in [0.15, 0.2) is 18.2 Å². The van der Waals surface area contributed by atoms with Crippen LogP contribution in [0.25, 0.3) is 0 Å². The summed E-state index contributed by atoms with van der Waals surface area (Å²) >= 11 is 0. The van der Waals surface area contributed by atoms with Gasteiger partial charge in [-0.1, -0.05) is 0 Å². The molecular formula is C12H20N2O. The van der Waals surface area contributed by atoms with Gasteiger partial charge in [-0.05, 0) is 44.5 Å². The molecule has 0 heterocycles. The predicted molar refractivity (Wildman–Crippen MR) is 65.2 cm³/mol. The molecule has 0 aliphatic carbocycles. The maximum atomic E-state index is 5.73. The van der Waals surface area contributed by atoms with E-state index in [4.69, 9.17) is 10.5 Å². The van der Waals surface area contributed by atoms with Gasteiger partial charge in [0, 0.05) is 17.9 Å². The van der Waals surface area contributed by atoms with E-state index >= 15 is 0 Å². The van der Waals surface area contributed by atoms with Crippen LogP contribution in [-0.4, -0.2) is 19.3 Å². The molecule has 0 aliphatic rings. The fourth-order valence-corrected chi connectivity index (χ4v) is 1.28. The van der Waals surface area contributed by atoms with Crippen molar-refractivity contribution in [3.05, 3.63) is 23.8 Å². The van der Waals surface area contributed by atoms with Crippen LogP contribution in [0.2, 0.25) is 0 Å². The summed E-state index contributed by atoms with van der Waals surface area (Å²) in [5, 5.41) is 3.29. The third kappa shape index (κ3) is 4.21. The minimum absolute atomic E-state index is 0.292. The monoisotopic (exact) mass is 208 g/mol. The first kappa shape index (κ1) is 11.9. The van der Waals surface area contributed by atoms with E-state index in [2.05, 4.69) is 5.32 Å². The normalized spacial score (nSPS) is 10.7. The standard InChI is InChI=1S/C12H20N2O/c1-9(2)15-7-6-14-11-4-5-12(13)10(3)8-11/h4-5,8-9,14H,6-7,13H2,1-3H3. The minimum Gasteiger partial charge on any atom is -0.399 e. The van der Waals surface area contributed by atoms with E-state index in [0.29, 0.717) is 6.10 Å². The lowest BCUT2D eigenvalue weighted by Crippen LogP contribution is -2.13. The Labute approximate surface area is 91.6 Å². The summed E-state index contributed by atoms with van der Waals surface area (Å²) in [5.41, 5.74) is 8.76. The third-order valence-electron chi connectivity index (χ3n) is 2.15. The fraction of sp³-hybridized carbons (Fsp3) is 0.500. The lowest BCUT2D eigenvalue weighted by Gasteiger charge is -2.10. The van der Waals surface area contributed by atoms with E-state index < -0.39 is 0 Å². The number of aryl methyl sites for hydroxylation is 1. The van der Waals surface area contributed by atoms with Crippen LogP contribution in [0, 0.1) is 6.92 Å². The lowest BCUT2D eigenvalue weighted by atomic mass is 10.2. The molecule has 0 atom stereocenters. The van der Waals surface area contributed by atoms with Gasteiger partial charge in [0.15, 0.2) is 0 Å². The molecule has 15 heavy (non-hydrogen) atoms. The molecule has 3 heteroatoms. The van der Waals surface area contributed by atoms with Crippen molar-refractivity contribution in [2.45, 2.75) is 26.9 Å². The molecule has 0 bridgehead atoms. The maximum Gasteiger partial charge on any atom is 0.0642 e. The second-order valence-electron chi connectivity index (χ2n) is 3.92. The van der Waals surface area contributed by atoms with E-state index in [1.807, 2.05) is 39.0 Å². The van der Waals surface area contributed by atoms with Crippen LogP contribution >= 0.6 is 0 Å². The number of anilines is 2. The van der Waals surface area contributed by atoms with Gasteiger partial charge in [0.1, 0.15) is 0 Å². The quantitative estimate of drug-likeness (QED) is 0.577. The molecule has 0 unspecified atom stereocenters. The number of rotatable bonds is 5. The van der Waals surface area contributed by atoms with Gasteiger partial charge >= 0.3 is 0 Å². The number of nitrogens with two attached hydrogens (primary N) is 1. The van der Waals surface area contributed by atoms with Crippen molar-refractivity contribution in [1.82, 2.24) is 0 Å². The molecule has 0 saturated heterocycles. The van der Waals surface area contributed by atoms with E-state index in [0.717, 1.165) is 30.1 Å². The largest absolute Gasteiger partial charge is 0.399 e. The van der Waals surface area contributed by atoms with Crippen LogP contribution in [0.1, 0.15) is 19.4 Å². The van der Waals surface area contributed by atoms with Gasteiger partial charge < -0.3 is 15.8 Å². The summed E-state index contributed by atoms with van der Waals surface area (Å²) in [7, 11) is 0. The highest BCUT2D eigenvalue weighted by Crippen LogP contribution is 2.16. The Bertz CT molecular complexity index is 310. The third-order valence-corrected chi connectivity index (χ3v) is 2.15. The molecule has 0 radical (unpaired) electrons. The Hall–Kier alpha value is -1.22.